The normalized spacial score (nSPS) is 14.1. The van der Waals surface area contributed by atoms with Crippen LogP contribution in [0.5, 0.6) is 0 Å². The van der Waals surface area contributed by atoms with Gasteiger partial charge in [0.15, 0.2) is 0 Å². The SMILES string of the molecule is CC(C)(C)c1ccc(C(N)C(=O)Cl)s1. The Hall–Kier alpha value is -0.380. The van der Waals surface area contributed by atoms with Crippen LogP contribution in [0, 0.1) is 0 Å². The van der Waals surface area contributed by atoms with Gasteiger partial charge in [-0.15, -0.1) is 11.3 Å². The highest BCUT2D eigenvalue weighted by atomic mass is 35.5. The Labute approximate surface area is 93.1 Å². The predicted octanol–water partition coefficient (Wildman–Crippen LogP) is 2.81. The van der Waals surface area contributed by atoms with Gasteiger partial charge in [-0.2, -0.15) is 0 Å². The average Bonchev–Trinajstić information content (AvgIpc) is 2.49. The van der Waals surface area contributed by atoms with Crippen molar-refractivity contribution in [2.45, 2.75) is 32.2 Å². The summed E-state index contributed by atoms with van der Waals surface area (Å²) in [6.07, 6.45) is 0. The summed E-state index contributed by atoms with van der Waals surface area (Å²) >= 11 is 6.88. The predicted molar refractivity (Wildman–Crippen MR) is 60.8 cm³/mol. The Morgan fingerprint density at radius 1 is 1.50 bits per heavy atom. The lowest BCUT2D eigenvalue weighted by atomic mass is 9.95. The molecule has 2 N–H and O–H groups in total. The Morgan fingerprint density at radius 2 is 2.07 bits per heavy atom. The molecule has 0 aliphatic heterocycles. The Balaban J connectivity index is 2.94. The van der Waals surface area contributed by atoms with Crippen molar-refractivity contribution in [3.05, 3.63) is 21.9 Å². The maximum absolute atomic E-state index is 10.9. The third-order valence-electron chi connectivity index (χ3n) is 1.92. The van der Waals surface area contributed by atoms with E-state index in [1.165, 1.54) is 4.88 Å². The highest BCUT2D eigenvalue weighted by Crippen LogP contribution is 2.32. The summed E-state index contributed by atoms with van der Waals surface area (Å²) in [7, 11) is 0. The van der Waals surface area contributed by atoms with E-state index in [1.807, 2.05) is 12.1 Å². The van der Waals surface area contributed by atoms with Crippen molar-refractivity contribution in [2.24, 2.45) is 5.73 Å². The van der Waals surface area contributed by atoms with Gasteiger partial charge in [0.2, 0.25) is 5.24 Å². The lowest BCUT2D eigenvalue weighted by Crippen LogP contribution is -2.15. The summed E-state index contributed by atoms with van der Waals surface area (Å²) < 4.78 is 0. The molecule has 0 aliphatic carbocycles. The lowest BCUT2D eigenvalue weighted by molar-refractivity contribution is -0.112. The number of hydrogen-bond donors (Lipinski definition) is 1. The molecule has 0 spiro atoms. The van der Waals surface area contributed by atoms with Gasteiger partial charge in [0.25, 0.3) is 0 Å². The van der Waals surface area contributed by atoms with Gasteiger partial charge in [0.1, 0.15) is 6.04 Å². The summed E-state index contributed by atoms with van der Waals surface area (Å²) in [5.41, 5.74) is 5.72. The molecule has 0 amide bonds. The molecular weight excluding hydrogens is 218 g/mol. The van der Waals surface area contributed by atoms with Crippen LogP contribution in [0.1, 0.15) is 36.6 Å². The van der Waals surface area contributed by atoms with Gasteiger partial charge < -0.3 is 5.73 Å². The summed E-state index contributed by atoms with van der Waals surface area (Å²) in [6, 6.07) is 3.19. The molecule has 1 rings (SSSR count). The third kappa shape index (κ3) is 2.56. The van der Waals surface area contributed by atoms with Crippen LogP contribution in [0.3, 0.4) is 0 Å². The van der Waals surface area contributed by atoms with Crippen molar-refractivity contribution < 1.29 is 4.79 Å². The van der Waals surface area contributed by atoms with Crippen LogP contribution in [0.2, 0.25) is 0 Å². The van der Waals surface area contributed by atoms with Gasteiger partial charge in [-0.3, -0.25) is 4.79 Å². The molecule has 1 aromatic rings. The molecule has 0 aromatic carbocycles. The number of thiophene rings is 1. The molecule has 78 valence electrons. The van der Waals surface area contributed by atoms with Gasteiger partial charge in [0, 0.05) is 9.75 Å². The van der Waals surface area contributed by atoms with Crippen LogP contribution in [0.4, 0.5) is 0 Å². The van der Waals surface area contributed by atoms with Crippen LogP contribution in [-0.4, -0.2) is 5.24 Å². The molecule has 0 fully saturated rings. The Morgan fingerprint density at radius 3 is 2.43 bits per heavy atom. The second-order valence-electron chi connectivity index (χ2n) is 4.23. The van der Waals surface area contributed by atoms with E-state index in [0.29, 0.717) is 0 Å². The molecule has 0 saturated heterocycles. The number of rotatable bonds is 2. The number of carbonyl (C=O) groups excluding carboxylic acids is 1. The third-order valence-corrected chi connectivity index (χ3v) is 3.75. The fourth-order valence-electron chi connectivity index (χ4n) is 1.03. The first-order chi connectivity index (χ1) is 6.32. The minimum absolute atomic E-state index is 0.0952. The van der Waals surface area contributed by atoms with Crippen molar-refractivity contribution in [3.8, 4) is 0 Å². The van der Waals surface area contributed by atoms with Gasteiger partial charge in [-0.25, -0.2) is 0 Å². The van der Waals surface area contributed by atoms with Crippen molar-refractivity contribution in [3.63, 3.8) is 0 Å². The van der Waals surface area contributed by atoms with Gasteiger partial charge in [0.05, 0.1) is 0 Å². The number of halogens is 1. The average molecular weight is 232 g/mol. The zero-order chi connectivity index (χ0) is 10.9. The van der Waals surface area contributed by atoms with Crippen molar-refractivity contribution in [1.29, 1.82) is 0 Å². The quantitative estimate of drug-likeness (QED) is 0.796. The lowest BCUT2D eigenvalue weighted by Gasteiger charge is -2.15. The van der Waals surface area contributed by atoms with E-state index < -0.39 is 11.3 Å². The minimum Gasteiger partial charge on any atom is -0.316 e. The van der Waals surface area contributed by atoms with E-state index >= 15 is 0 Å². The van der Waals surface area contributed by atoms with Gasteiger partial charge >= 0.3 is 0 Å². The first-order valence-electron chi connectivity index (χ1n) is 4.37. The van der Waals surface area contributed by atoms with E-state index in [9.17, 15) is 4.79 Å². The molecule has 1 aromatic heterocycles. The molecule has 0 bridgehead atoms. The van der Waals surface area contributed by atoms with Crippen LogP contribution in [0.15, 0.2) is 12.1 Å². The van der Waals surface area contributed by atoms with Crippen LogP contribution in [0.25, 0.3) is 0 Å². The van der Waals surface area contributed by atoms with Crippen molar-refractivity contribution >= 4 is 28.2 Å². The van der Waals surface area contributed by atoms with Crippen molar-refractivity contribution in [1.82, 2.24) is 0 Å². The molecule has 2 nitrogen and oxygen atoms in total. The Bertz CT molecular complexity index is 340. The number of hydrogen-bond acceptors (Lipinski definition) is 3. The standard InChI is InChI=1S/C10H14ClNOS/c1-10(2,3)7-5-4-6(14-7)8(12)9(11)13/h4-5,8H,12H2,1-3H3. The molecule has 0 aliphatic rings. The molecule has 14 heavy (non-hydrogen) atoms. The molecule has 0 radical (unpaired) electrons. The molecule has 4 heteroatoms. The van der Waals surface area contributed by atoms with E-state index in [-0.39, 0.29) is 5.41 Å². The largest absolute Gasteiger partial charge is 0.316 e. The second-order valence-corrected chi connectivity index (χ2v) is 5.72. The van der Waals surface area contributed by atoms with Crippen LogP contribution in [-0.2, 0) is 10.2 Å². The second kappa shape index (κ2) is 4.01. The molecule has 1 atom stereocenters. The zero-order valence-corrected chi connectivity index (χ0v) is 10.1. The monoisotopic (exact) mass is 231 g/mol. The van der Waals surface area contributed by atoms with Crippen LogP contribution >= 0.6 is 22.9 Å². The number of nitrogens with two attached hydrogens (primary N) is 1. The molecule has 0 saturated carbocycles. The maximum Gasteiger partial charge on any atom is 0.243 e. The maximum atomic E-state index is 10.9. The Kier molecular flexibility index (Phi) is 3.35. The smallest absolute Gasteiger partial charge is 0.243 e. The van der Waals surface area contributed by atoms with Gasteiger partial charge in [-0.1, -0.05) is 20.8 Å². The first-order valence-corrected chi connectivity index (χ1v) is 5.57. The van der Waals surface area contributed by atoms with E-state index in [0.717, 1.165) is 4.88 Å². The van der Waals surface area contributed by atoms with Crippen molar-refractivity contribution in [2.75, 3.05) is 0 Å². The molecule has 1 heterocycles. The van der Waals surface area contributed by atoms with E-state index in [1.54, 1.807) is 11.3 Å². The van der Waals surface area contributed by atoms with Gasteiger partial charge in [-0.05, 0) is 29.1 Å². The first kappa shape index (κ1) is 11.7. The summed E-state index contributed by atoms with van der Waals surface area (Å²) in [6.45, 7) is 6.37. The minimum atomic E-state index is -0.683. The molecular formula is C10H14ClNOS. The summed E-state index contributed by atoms with van der Waals surface area (Å²) in [4.78, 5) is 12.9. The highest BCUT2D eigenvalue weighted by molar-refractivity contribution is 7.12. The topological polar surface area (TPSA) is 43.1 Å². The summed E-state index contributed by atoms with van der Waals surface area (Å²) in [5, 5.41) is -0.507. The molecule has 1 unspecified atom stereocenters. The van der Waals surface area contributed by atoms with E-state index in [2.05, 4.69) is 20.8 Å². The summed E-state index contributed by atoms with van der Waals surface area (Å²) in [5.74, 6) is 0. The van der Waals surface area contributed by atoms with E-state index in [4.69, 9.17) is 17.3 Å². The highest BCUT2D eigenvalue weighted by Gasteiger charge is 2.20. The zero-order valence-electron chi connectivity index (χ0n) is 8.50. The van der Waals surface area contributed by atoms with Crippen LogP contribution < -0.4 is 5.73 Å². The fraction of sp³-hybridized carbons (Fsp3) is 0.500. The fourth-order valence-corrected chi connectivity index (χ4v) is 2.28. The number of carbonyl (C=O) groups is 1.